The Kier molecular flexibility index (Phi) is 4.48. The van der Waals surface area contributed by atoms with Gasteiger partial charge in [-0.2, -0.15) is 0 Å². The second-order valence-electron chi connectivity index (χ2n) is 6.09. The maximum atomic E-state index is 11.8. The van der Waals surface area contributed by atoms with Crippen LogP contribution in [-0.2, 0) is 11.3 Å². The Balaban J connectivity index is 1.61. The zero-order chi connectivity index (χ0) is 16.4. The van der Waals surface area contributed by atoms with E-state index in [2.05, 4.69) is 29.4 Å². The molecular formula is C18H23N3O2. The summed E-state index contributed by atoms with van der Waals surface area (Å²) in [5.74, 6) is 1.80. The zero-order valence-electron chi connectivity index (χ0n) is 13.9. The first-order valence-corrected chi connectivity index (χ1v) is 8.11. The van der Waals surface area contributed by atoms with E-state index in [1.807, 2.05) is 30.9 Å². The maximum absolute atomic E-state index is 11.8. The van der Waals surface area contributed by atoms with Gasteiger partial charge in [-0.1, -0.05) is 12.1 Å². The van der Waals surface area contributed by atoms with Crippen molar-refractivity contribution in [3.63, 3.8) is 0 Å². The second kappa shape index (κ2) is 6.54. The first-order chi connectivity index (χ1) is 11.0. The van der Waals surface area contributed by atoms with Gasteiger partial charge in [-0.25, -0.2) is 4.98 Å². The minimum atomic E-state index is 0.186. The molecule has 1 aromatic carbocycles. The summed E-state index contributed by atoms with van der Waals surface area (Å²) in [5.41, 5.74) is 3.11. The van der Waals surface area contributed by atoms with E-state index in [1.54, 1.807) is 0 Å². The Hall–Kier alpha value is -2.14. The van der Waals surface area contributed by atoms with Crippen molar-refractivity contribution in [3.8, 4) is 0 Å². The summed E-state index contributed by atoms with van der Waals surface area (Å²) >= 11 is 0. The monoisotopic (exact) mass is 313 g/mol. The first kappa shape index (κ1) is 15.7. The molecule has 0 bridgehead atoms. The Morgan fingerprint density at radius 3 is 2.61 bits per heavy atom. The molecule has 1 aromatic heterocycles. The molecule has 122 valence electrons. The van der Waals surface area contributed by atoms with Crippen molar-refractivity contribution in [1.29, 1.82) is 0 Å². The van der Waals surface area contributed by atoms with Gasteiger partial charge >= 0.3 is 0 Å². The van der Waals surface area contributed by atoms with Gasteiger partial charge in [-0.3, -0.25) is 4.79 Å². The molecule has 2 aromatic rings. The van der Waals surface area contributed by atoms with E-state index in [9.17, 15) is 4.79 Å². The maximum Gasteiger partial charge on any atom is 0.227 e. The number of hydrogen-bond donors (Lipinski definition) is 1. The van der Waals surface area contributed by atoms with Crippen LogP contribution in [0.1, 0.15) is 48.7 Å². The summed E-state index contributed by atoms with van der Waals surface area (Å²) in [6.45, 7) is 7.41. The molecule has 1 amide bonds. The molecule has 1 aliphatic rings. The minimum Gasteiger partial charge on any atom is -0.444 e. The number of rotatable bonds is 5. The lowest BCUT2D eigenvalue weighted by molar-refractivity contribution is -0.117. The Bertz CT molecular complexity index is 671. The SMILES string of the molecule is Cc1nc(CNC(C)c2ccc(N3CCCC3=O)cc2)oc1C. The predicted octanol–water partition coefficient (Wildman–Crippen LogP) is 3.27. The Morgan fingerprint density at radius 2 is 2.04 bits per heavy atom. The van der Waals surface area contributed by atoms with Crippen molar-refractivity contribution in [3.05, 3.63) is 47.2 Å². The molecule has 3 rings (SSSR count). The van der Waals surface area contributed by atoms with Crippen molar-refractivity contribution >= 4 is 11.6 Å². The Labute approximate surface area is 136 Å². The van der Waals surface area contributed by atoms with Crippen LogP contribution in [0.25, 0.3) is 0 Å². The highest BCUT2D eigenvalue weighted by Gasteiger charge is 2.21. The fourth-order valence-corrected chi connectivity index (χ4v) is 2.84. The number of amides is 1. The third-order valence-corrected chi connectivity index (χ3v) is 4.41. The molecule has 5 heteroatoms. The van der Waals surface area contributed by atoms with Crippen LogP contribution in [0, 0.1) is 13.8 Å². The number of oxazole rings is 1. The number of anilines is 1. The molecule has 0 spiro atoms. The third-order valence-electron chi connectivity index (χ3n) is 4.41. The number of nitrogens with zero attached hydrogens (tertiary/aromatic N) is 2. The summed E-state index contributed by atoms with van der Waals surface area (Å²) in [4.78, 5) is 18.0. The molecule has 0 saturated carbocycles. The lowest BCUT2D eigenvalue weighted by Gasteiger charge is -2.18. The van der Waals surface area contributed by atoms with Gasteiger partial charge < -0.3 is 14.6 Å². The lowest BCUT2D eigenvalue weighted by atomic mass is 10.1. The van der Waals surface area contributed by atoms with Gasteiger partial charge in [0.05, 0.1) is 12.2 Å². The predicted molar refractivity (Wildman–Crippen MR) is 89.3 cm³/mol. The third kappa shape index (κ3) is 3.45. The fourth-order valence-electron chi connectivity index (χ4n) is 2.84. The molecule has 23 heavy (non-hydrogen) atoms. The molecule has 0 radical (unpaired) electrons. The van der Waals surface area contributed by atoms with Crippen LogP contribution in [0.5, 0.6) is 0 Å². The van der Waals surface area contributed by atoms with Gasteiger partial charge in [0, 0.05) is 24.7 Å². The number of aromatic nitrogens is 1. The van der Waals surface area contributed by atoms with Crippen LogP contribution in [0.3, 0.4) is 0 Å². The average Bonchev–Trinajstić information content (AvgIpc) is 3.11. The van der Waals surface area contributed by atoms with Crippen LogP contribution in [0.15, 0.2) is 28.7 Å². The van der Waals surface area contributed by atoms with Gasteiger partial charge in [-0.15, -0.1) is 0 Å². The summed E-state index contributed by atoms with van der Waals surface area (Å²) in [7, 11) is 0. The van der Waals surface area contributed by atoms with Gasteiger partial charge in [0.1, 0.15) is 5.76 Å². The second-order valence-corrected chi connectivity index (χ2v) is 6.09. The topological polar surface area (TPSA) is 58.4 Å². The van der Waals surface area contributed by atoms with Crippen molar-refractivity contribution in [2.45, 2.75) is 46.2 Å². The number of carbonyl (C=O) groups excluding carboxylic acids is 1. The van der Waals surface area contributed by atoms with Gasteiger partial charge in [0.25, 0.3) is 0 Å². The van der Waals surface area contributed by atoms with E-state index in [4.69, 9.17) is 4.42 Å². The lowest BCUT2D eigenvalue weighted by Crippen LogP contribution is -2.23. The van der Waals surface area contributed by atoms with Crippen molar-refractivity contribution in [2.24, 2.45) is 0 Å². The summed E-state index contributed by atoms with van der Waals surface area (Å²) in [5, 5.41) is 3.42. The molecule has 1 aliphatic heterocycles. The number of carbonyl (C=O) groups is 1. The largest absolute Gasteiger partial charge is 0.444 e. The molecule has 2 heterocycles. The van der Waals surface area contributed by atoms with Crippen LogP contribution in [0.2, 0.25) is 0 Å². The summed E-state index contributed by atoms with van der Waals surface area (Å²) in [6.07, 6.45) is 1.61. The van der Waals surface area contributed by atoms with Crippen molar-refractivity contribution < 1.29 is 9.21 Å². The van der Waals surface area contributed by atoms with Crippen molar-refractivity contribution in [1.82, 2.24) is 10.3 Å². The molecule has 1 atom stereocenters. The first-order valence-electron chi connectivity index (χ1n) is 8.11. The number of benzene rings is 1. The fraction of sp³-hybridized carbons (Fsp3) is 0.444. The number of hydrogen-bond acceptors (Lipinski definition) is 4. The highest BCUT2D eigenvalue weighted by atomic mass is 16.4. The molecule has 1 N–H and O–H groups in total. The molecule has 1 fully saturated rings. The van der Waals surface area contributed by atoms with Crippen LogP contribution < -0.4 is 10.2 Å². The number of nitrogens with one attached hydrogen (secondary N) is 1. The van der Waals surface area contributed by atoms with Crippen LogP contribution in [-0.4, -0.2) is 17.4 Å². The van der Waals surface area contributed by atoms with Crippen LogP contribution in [0.4, 0.5) is 5.69 Å². The molecule has 5 nitrogen and oxygen atoms in total. The van der Waals surface area contributed by atoms with E-state index in [1.165, 1.54) is 5.56 Å². The van der Waals surface area contributed by atoms with Crippen molar-refractivity contribution in [2.75, 3.05) is 11.4 Å². The molecule has 0 aliphatic carbocycles. The summed E-state index contributed by atoms with van der Waals surface area (Å²) in [6, 6.07) is 8.38. The average molecular weight is 313 g/mol. The van der Waals surface area contributed by atoms with Gasteiger partial charge in [0.2, 0.25) is 11.8 Å². The number of aryl methyl sites for hydroxylation is 2. The minimum absolute atomic E-state index is 0.186. The van der Waals surface area contributed by atoms with E-state index < -0.39 is 0 Å². The molecule has 1 saturated heterocycles. The van der Waals surface area contributed by atoms with E-state index in [-0.39, 0.29) is 11.9 Å². The zero-order valence-corrected chi connectivity index (χ0v) is 13.9. The highest BCUT2D eigenvalue weighted by Crippen LogP contribution is 2.23. The van der Waals surface area contributed by atoms with E-state index in [0.29, 0.717) is 18.9 Å². The Morgan fingerprint density at radius 1 is 1.30 bits per heavy atom. The van der Waals surface area contributed by atoms with Gasteiger partial charge in [0.15, 0.2) is 0 Å². The molecular weight excluding hydrogens is 290 g/mol. The van der Waals surface area contributed by atoms with E-state index >= 15 is 0 Å². The van der Waals surface area contributed by atoms with Gasteiger partial charge in [-0.05, 0) is 44.9 Å². The highest BCUT2D eigenvalue weighted by molar-refractivity contribution is 5.95. The quantitative estimate of drug-likeness (QED) is 0.920. The smallest absolute Gasteiger partial charge is 0.227 e. The molecule has 1 unspecified atom stereocenters. The van der Waals surface area contributed by atoms with Crippen LogP contribution >= 0.6 is 0 Å². The normalized spacial score (nSPS) is 16.1. The summed E-state index contributed by atoms with van der Waals surface area (Å²) < 4.78 is 5.58. The standard InChI is InChI=1S/C18H23N3O2/c1-12-14(3)23-17(20-12)11-19-13(2)15-6-8-16(9-7-15)21-10-4-5-18(21)22/h6-9,13,19H,4-5,10-11H2,1-3H3. The van der Waals surface area contributed by atoms with E-state index in [0.717, 1.165) is 30.1 Å².